The maximum absolute atomic E-state index is 13.1. The summed E-state index contributed by atoms with van der Waals surface area (Å²) in [4.78, 5) is 27.6. The molecule has 0 saturated heterocycles. The Hall–Kier alpha value is -2.79. The Morgan fingerprint density at radius 2 is 1.19 bits per heavy atom. The second-order valence-electron chi connectivity index (χ2n) is 11.0. The lowest BCUT2D eigenvalue weighted by atomic mass is 9.48. The Kier molecular flexibility index (Phi) is 7.35. The number of carbonyl (C=O) groups excluding carboxylic acids is 2. The van der Waals surface area contributed by atoms with E-state index in [1.807, 2.05) is 0 Å². The van der Waals surface area contributed by atoms with E-state index >= 15 is 0 Å². The minimum absolute atomic E-state index is 0.0146. The molecular formula is C32H33F2O2S+. The van der Waals surface area contributed by atoms with Crippen LogP contribution in [0.3, 0.4) is 0 Å². The lowest BCUT2D eigenvalue weighted by molar-refractivity contribution is -0.156. The largest absolute Gasteiger partial charge is 0.302 e. The molecule has 3 aromatic rings. The highest BCUT2D eigenvalue weighted by Crippen LogP contribution is 2.60. The number of Topliss-reactive ketones (excluding diaryl/α,β-unsaturated/α-hetero) is 2. The van der Waals surface area contributed by atoms with Crippen LogP contribution in [0.5, 0.6) is 0 Å². The van der Waals surface area contributed by atoms with E-state index < -0.39 is 11.7 Å². The number of alkyl halides is 2. The van der Waals surface area contributed by atoms with E-state index in [0.717, 1.165) is 19.3 Å². The molecule has 4 aliphatic carbocycles. The molecular weight excluding hydrogens is 486 g/mol. The number of hydrogen-bond acceptors (Lipinski definition) is 2. The van der Waals surface area contributed by atoms with Crippen molar-refractivity contribution < 1.29 is 18.4 Å². The quantitative estimate of drug-likeness (QED) is 0.312. The lowest BCUT2D eigenvalue weighted by Crippen LogP contribution is -2.52. The van der Waals surface area contributed by atoms with Crippen LogP contribution in [0.25, 0.3) is 0 Å². The Morgan fingerprint density at radius 1 is 0.784 bits per heavy atom. The number of halogens is 2. The van der Waals surface area contributed by atoms with Crippen LogP contribution in [0.1, 0.15) is 45.4 Å². The van der Waals surface area contributed by atoms with Crippen molar-refractivity contribution in [2.24, 2.45) is 23.2 Å². The summed E-state index contributed by atoms with van der Waals surface area (Å²) in [5.74, 6) is -3.26. The first-order chi connectivity index (χ1) is 17.7. The van der Waals surface area contributed by atoms with Gasteiger partial charge < -0.3 is 0 Å². The molecule has 7 rings (SSSR count). The van der Waals surface area contributed by atoms with Gasteiger partial charge in [-0.15, -0.1) is 0 Å². The maximum Gasteiger partial charge on any atom is 0.302 e. The van der Waals surface area contributed by atoms with Crippen molar-refractivity contribution in [2.75, 3.05) is 0 Å². The first kappa shape index (κ1) is 25.8. The SMILES string of the molecule is CC(F)(F)C(=O)CC12CC3CC(C1)C(=O)C(C3)C2.c1ccc([S+](c2ccccc2)c2ccccc2)cc1. The van der Waals surface area contributed by atoms with Crippen LogP contribution in [0.4, 0.5) is 8.78 Å². The van der Waals surface area contributed by atoms with Gasteiger partial charge in [0.25, 0.3) is 0 Å². The third-order valence-electron chi connectivity index (χ3n) is 8.08. The minimum atomic E-state index is -3.23. The Balaban J connectivity index is 0.000000152. The zero-order valence-electron chi connectivity index (χ0n) is 21.1. The van der Waals surface area contributed by atoms with Gasteiger partial charge in [-0.05, 0) is 79.8 Å². The number of carbonyl (C=O) groups is 2. The van der Waals surface area contributed by atoms with E-state index in [4.69, 9.17) is 0 Å². The van der Waals surface area contributed by atoms with Crippen molar-refractivity contribution in [2.45, 2.75) is 66.1 Å². The fourth-order valence-electron chi connectivity index (χ4n) is 6.70. The predicted molar refractivity (Wildman–Crippen MR) is 143 cm³/mol. The lowest BCUT2D eigenvalue weighted by Gasteiger charge is -2.55. The molecule has 4 aliphatic rings. The summed E-state index contributed by atoms with van der Waals surface area (Å²) in [6, 6.07) is 32.2. The van der Waals surface area contributed by atoms with Gasteiger partial charge in [0.05, 0.1) is 10.9 Å². The van der Waals surface area contributed by atoms with E-state index in [-0.39, 0.29) is 34.6 Å². The van der Waals surface area contributed by atoms with E-state index in [2.05, 4.69) is 91.0 Å². The van der Waals surface area contributed by atoms with Gasteiger partial charge in [0.1, 0.15) is 5.78 Å². The normalized spacial score (nSPS) is 26.1. The van der Waals surface area contributed by atoms with Gasteiger partial charge in [0.2, 0.25) is 5.78 Å². The van der Waals surface area contributed by atoms with Crippen molar-refractivity contribution in [3.63, 3.8) is 0 Å². The number of benzene rings is 3. The average molecular weight is 520 g/mol. The fourth-order valence-corrected chi connectivity index (χ4v) is 8.80. The molecule has 5 heteroatoms. The molecule has 3 aromatic carbocycles. The Labute approximate surface area is 220 Å². The summed E-state index contributed by atoms with van der Waals surface area (Å²) in [5.41, 5.74) is -0.291. The summed E-state index contributed by atoms with van der Waals surface area (Å²) >= 11 is 0. The van der Waals surface area contributed by atoms with Gasteiger partial charge >= 0.3 is 5.92 Å². The van der Waals surface area contributed by atoms with Crippen LogP contribution < -0.4 is 0 Å². The van der Waals surface area contributed by atoms with Crippen LogP contribution in [0.2, 0.25) is 0 Å². The molecule has 0 aromatic heterocycles. The average Bonchev–Trinajstić information content (AvgIpc) is 2.88. The van der Waals surface area contributed by atoms with Gasteiger partial charge in [-0.2, -0.15) is 8.78 Å². The summed E-state index contributed by atoms with van der Waals surface area (Å²) in [5, 5.41) is 0. The Morgan fingerprint density at radius 3 is 1.57 bits per heavy atom. The molecule has 0 N–H and O–H groups in total. The third kappa shape index (κ3) is 5.72. The highest BCUT2D eigenvalue weighted by atomic mass is 32.2. The zero-order chi connectivity index (χ0) is 26.0. The zero-order valence-corrected chi connectivity index (χ0v) is 21.9. The van der Waals surface area contributed by atoms with E-state index in [1.165, 1.54) is 14.7 Å². The first-order valence-electron chi connectivity index (χ1n) is 13.1. The second kappa shape index (κ2) is 10.5. The molecule has 192 valence electrons. The van der Waals surface area contributed by atoms with E-state index in [0.29, 0.717) is 31.5 Å². The van der Waals surface area contributed by atoms with Crippen LogP contribution in [-0.4, -0.2) is 17.5 Å². The van der Waals surface area contributed by atoms with Crippen molar-refractivity contribution in [3.8, 4) is 0 Å². The predicted octanol–water partition coefficient (Wildman–Crippen LogP) is 7.78. The van der Waals surface area contributed by atoms with Crippen molar-refractivity contribution in [1.82, 2.24) is 0 Å². The summed E-state index contributed by atoms with van der Waals surface area (Å²) in [6.07, 6.45) is 4.02. The van der Waals surface area contributed by atoms with Crippen molar-refractivity contribution in [3.05, 3.63) is 91.0 Å². The smallest absolute Gasteiger partial charge is 0.299 e. The Bertz CT molecular complexity index is 1110. The standard InChI is InChI=1S/C18H15S.C14H18F2O2/c1-4-10-16(11-5-1)19(17-12-6-2-7-13-17)18-14-8-3-9-15-18;1-13(15,16)11(17)7-14-4-8-2-9(5-14)12(18)10(3-8)6-14/h1-15H;8-10H,2-7H2,1H3/q+1;. The topological polar surface area (TPSA) is 34.1 Å². The van der Waals surface area contributed by atoms with Crippen LogP contribution in [0.15, 0.2) is 106 Å². The molecule has 0 heterocycles. The van der Waals surface area contributed by atoms with Crippen molar-refractivity contribution >= 4 is 22.5 Å². The van der Waals surface area contributed by atoms with Crippen LogP contribution in [0, 0.1) is 23.2 Å². The van der Waals surface area contributed by atoms with E-state index in [9.17, 15) is 18.4 Å². The number of rotatable bonds is 6. The van der Waals surface area contributed by atoms with Gasteiger partial charge in [-0.1, -0.05) is 54.6 Å². The van der Waals surface area contributed by atoms with Crippen molar-refractivity contribution in [1.29, 1.82) is 0 Å². The summed E-state index contributed by atoms with van der Waals surface area (Å²) < 4.78 is 26.1. The molecule has 0 radical (unpaired) electrons. The second-order valence-corrected chi connectivity index (χ2v) is 13.0. The van der Waals surface area contributed by atoms with E-state index in [1.54, 1.807) is 0 Å². The fraction of sp³-hybridized carbons (Fsp3) is 0.375. The summed E-state index contributed by atoms with van der Waals surface area (Å²) in [6.45, 7) is 0.682. The molecule has 2 nitrogen and oxygen atoms in total. The minimum Gasteiger partial charge on any atom is -0.299 e. The van der Waals surface area contributed by atoms with Crippen LogP contribution in [-0.2, 0) is 20.5 Å². The molecule has 2 unspecified atom stereocenters. The van der Waals surface area contributed by atoms with Gasteiger partial charge in [-0.3, -0.25) is 9.59 Å². The molecule has 0 aliphatic heterocycles. The van der Waals surface area contributed by atoms with Gasteiger partial charge in [0, 0.05) is 25.2 Å². The number of hydrogen-bond donors (Lipinski definition) is 0. The maximum atomic E-state index is 13.1. The summed E-state index contributed by atoms with van der Waals surface area (Å²) in [7, 11) is -0.0146. The molecule has 4 fully saturated rings. The molecule has 0 spiro atoms. The number of ketones is 2. The van der Waals surface area contributed by atoms with Gasteiger partial charge in [0.15, 0.2) is 14.7 Å². The molecule has 4 saturated carbocycles. The highest BCUT2D eigenvalue weighted by molar-refractivity contribution is 7.97. The van der Waals surface area contributed by atoms with Gasteiger partial charge in [-0.25, -0.2) is 0 Å². The molecule has 0 amide bonds. The molecule has 2 atom stereocenters. The molecule has 37 heavy (non-hydrogen) atoms. The third-order valence-corrected chi connectivity index (χ3v) is 10.3. The highest BCUT2D eigenvalue weighted by Gasteiger charge is 2.56. The van der Waals surface area contributed by atoms with Crippen LogP contribution >= 0.6 is 0 Å². The molecule has 4 bridgehead atoms. The monoisotopic (exact) mass is 519 g/mol. The first-order valence-corrected chi connectivity index (χ1v) is 14.3.